The van der Waals surface area contributed by atoms with E-state index in [4.69, 9.17) is 28.0 Å². The Bertz CT molecular complexity index is 506. The highest BCUT2D eigenvalue weighted by Crippen LogP contribution is 2.20. The minimum absolute atomic E-state index is 0.182. The van der Waals surface area contributed by atoms with Gasteiger partial charge in [-0.3, -0.25) is 4.79 Å². The van der Waals surface area contributed by atoms with Crippen molar-refractivity contribution in [1.29, 1.82) is 0 Å². The summed E-state index contributed by atoms with van der Waals surface area (Å²) in [6.07, 6.45) is 5.50. The van der Waals surface area contributed by atoms with Gasteiger partial charge >= 0.3 is 5.97 Å². The molecular weight excluding hydrogens is 337 g/mol. The third-order valence-corrected chi connectivity index (χ3v) is 3.95. The highest BCUT2D eigenvalue weighted by molar-refractivity contribution is 6.35. The van der Waals surface area contributed by atoms with Crippen molar-refractivity contribution in [2.45, 2.75) is 52.4 Å². The summed E-state index contributed by atoms with van der Waals surface area (Å²) in [4.78, 5) is 29.1. The van der Waals surface area contributed by atoms with Gasteiger partial charge in [0.2, 0.25) is 0 Å². The Morgan fingerprint density at radius 2 is 1.57 bits per heavy atom. The molecule has 0 aliphatic rings. The van der Waals surface area contributed by atoms with Gasteiger partial charge in [0.15, 0.2) is 0 Å². The van der Waals surface area contributed by atoms with E-state index in [1.54, 1.807) is 0 Å². The van der Waals surface area contributed by atoms with Gasteiger partial charge in [-0.1, -0.05) is 62.7 Å². The molecule has 0 fully saturated rings. The van der Waals surface area contributed by atoms with E-state index in [1.165, 1.54) is 18.2 Å². The third-order valence-electron chi connectivity index (χ3n) is 3.51. The predicted molar refractivity (Wildman–Crippen MR) is 92.6 cm³/mol. The summed E-state index contributed by atoms with van der Waals surface area (Å²) in [5.41, 5.74) is 2.43. The van der Waals surface area contributed by atoms with E-state index in [1.807, 2.05) is 0 Å². The summed E-state index contributed by atoms with van der Waals surface area (Å²) in [5.74, 6) is -1.13. The van der Waals surface area contributed by atoms with Gasteiger partial charge < -0.3 is 4.84 Å². The maximum Gasteiger partial charge on any atom is 0.335 e. The van der Waals surface area contributed by atoms with E-state index in [-0.39, 0.29) is 11.5 Å². The molecule has 0 spiro atoms. The summed E-state index contributed by atoms with van der Waals surface area (Å²) in [6.45, 7) is 4.15. The van der Waals surface area contributed by atoms with Crippen molar-refractivity contribution in [1.82, 2.24) is 5.48 Å². The van der Waals surface area contributed by atoms with E-state index in [9.17, 15) is 9.59 Å². The van der Waals surface area contributed by atoms with Crippen molar-refractivity contribution in [2.75, 3.05) is 0 Å². The quantitative estimate of drug-likeness (QED) is 0.650. The van der Waals surface area contributed by atoms with Gasteiger partial charge in [-0.2, -0.15) is 5.48 Å². The standard InChI is InChI=1S/C17H23Cl2NO3/c1-3-5-7-12(8-6-4-2)17(22)23-20-16(21)13-9-14(18)11-15(19)10-13/h9-12H,3-8H2,1-2H3,(H,20,21). The molecule has 1 aromatic rings. The fraction of sp³-hybridized carbons (Fsp3) is 0.529. The van der Waals surface area contributed by atoms with Crippen LogP contribution in [0.5, 0.6) is 0 Å². The molecule has 6 heteroatoms. The molecule has 0 saturated heterocycles. The van der Waals surface area contributed by atoms with Crippen molar-refractivity contribution in [2.24, 2.45) is 5.92 Å². The predicted octanol–water partition coefficient (Wildman–Crippen LogP) is 5.18. The minimum atomic E-state index is -0.549. The fourth-order valence-corrected chi connectivity index (χ4v) is 2.73. The summed E-state index contributed by atoms with van der Waals surface area (Å²) >= 11 is 11.7. The Morgan fingerprint density at radius 3 is 2.04 bits per heavy atom. The van der Waals surface area contributed by atoms with Crippen molar-refractivity contribution in [3.05, 3.63) is 33.8 Å². The van der Waals surface area contributed by atoms with Crippen LogP contribution in [0.2, 0.25) is 10.0 Å². The topological polar surface area (TPSA) is 55.4 Å². The number of halogens is 2. The first-order valence-electron chi connectivity index (χ1n) is 7.95. The maximum absolute atomic E-state index is 12.1. The molecule has 0 radical (unpaired) electrons. The van der Waals surface area contributed by atoms with Crippen LogP contribution in [0, 0.1) is 5.92 Å². The highest BCUT2D eigenvalue weighted by Gasteiger charge is 2.20. The van der Waals surface area contributed by atoms with Crippen LogP contribution in [0.1, 0.15) is 62.7 Å². The number of hydrogen-bond acceptors (Lipinski definition) is 3. The number of amides is 1. The van der Waals surface area contributed by atoms with Crippen molar-refractivity contribution < 1.29 is 14.4 Å². The maximum atomic E-state index is 12.1. The molecule has 0 heterocycles. The first kappa shape index (κ1) is 19.8. The largest absolute Gasteiger partial charge is 0.340 e. The lowest BCUT2D eigenvalue weighted by atomic mass is 9.96. The number of rotatable bonds is 8. The molecule has 0 aliphatic heterocycles. The van der Waals surface area contributed by atoms with E-state index >= 15 is 0 Å². The first-order chi connectivity index (χ1) is 11.0. The Balaban J connectivity index is 2.59. The van der Waals surface area contributed by atoms with Crippen LogP contribution in [0.4, 0.5) is 0 Å². The zero-order chi connectivity index (χ0) is 17.2. The van der Waals surface area contributed by atoms with Crippen LogP contribution in [0.15, 0.2) is 18.2 Å². The number of carbonyl (C=O) groups is 2. The molecule has 0 aliphatic carbocycles. The number of hydrogen-bond donors (Lipinski definition) is 1. The summed E-state index contributed by atoms with van der Waals surface area (Å²) in [5, 5.41) is 0.690. The van der Waals surface area contributed by atoms with Gasteiger partial charge in [-0.05, 0) is 31.0 Å². The van der Waals surface area contributed by atoms with Crippen LogP contribution >= 0.6 is 23.2 Å². The van der Waals surface area contributed by atoms with E-state index < -0.39 is 11.9 Å². The first-order valence-corrected chi connectivity index (χ1v) is 8.70. The Kier molecular flexibility index (Phi) is 9.03. The minimum Gasteiger partial charge on any atom is -0.340 e. The zero-order valence-corrected chi connectivity index (χ0v) is 15.0. The number of carbonyl (C=O) groups excluding carboxylic acids is 2. The molecule has 23 heavy (non-hydrogen) atoms. The van der Waals surface area contributed by atoms with Gasteiger partial charge in [-0.25, -0.2) is 4.79 Å². The molecule has 0 aromatic heterocycles. The van der Waals surface area contributed by atoms with Crippen molar-refractivity contribution in [3.63, 3.8) is 0 Å². The van der Waals surface area contributed by atoms with Crippen molar-refractivity contribution in [3.8, 4) is 0 Å². The summed E-state index contributed by atoms with van der Waals surface area (Å²) < 4.78 is 0. The Morgan fingerprint density at radius 1 is 1.04 bits per heavy atom. The normalized spacial score (nSPS) is 10.7. The highest BCUT2D eigenvalue weighted by atomic mass is 35.5. The number of benzene rings is 1. The average Bonchev–Trinajstić information content (AvgIpc) is 2.51. The second-order valence-corrected chi connectivity index (χ2v) is 6.36. The van der Waals surface area contributed by atoms with Crippen LogP contribution in [0.25, 0.3) is 0 Å². The van der Waals surface area contributed by atoms with Crippen LogP contribution in [-0.4, -0.2) is 11.9 Å². The molecule has 0 unspecified atom stereocenters. The molecular formula is C17H23Cl2NO3. The molecule has 1 aromatic carbocycles. The van der Waals surface area contributed by atoms with E-state index in [0.29, 0.717) is 10.0 Å². The zero-order valence-electron chi connectivity index (χ0n) is 13.5. The number of unbranched alkanes of at least 4 members (excludes halogenated alkanes) is 2. The lowest BCUT2D eigenvalue weighted by Gasteiger charge is -2.15. The average molecular weight is 360 g/mol. The second kappa shape index (κ2) is 10.5. The van der Waals surface area contributed by atoms with Crippen LogP contribution < -0.4 is 5.48 Å². The van der Waals surface area contributed by atoms with E-state index in [2.05, 4.69) is 19.3 Å². The lowest BCUT2D eigenvalue weighted by Crippen LogP contribution is -2.30. The molecule has 4 nitrogen and oxygen atoms in total. The third kappa shape index (κ3) is 7.23. The van der Waals surface area contributed by atoms with Crippen molar-refractivity contribution >= 4 is 35.1 Å². The molecule has 0 bridgehead atoms. The fourth-order valence-electron chi connectivity index (χ4n) is 2.20. The Labute approximate surface area is 147 Å². The lowest BCUT2D eigenvalue weighted by molar-refractivity contribution is -0.154. The summed E-state index contributed by atoms with van der Waals surface area (Å²) in [6, 6.07) is 4.45. The van der Waals surface area contributed by atoms with Crippen LogP contribution in [0.3, 0.4) is 0 Å². The monoisotopic (exact) mass is 359 g/mol. The number of nitrogens with one attached hydrogen (secondary N) is 1. The SMILES string of the molecule is CCCCC(CCCC)C(=O)ONC(=O)c1cc(Cl)cc(Cl)c1. The molecule has 0 saturated carbocycles. The van der Waals surface area contributed by atoms with E-state index in [0.717, 1.165) is 38.5 Å². The number of hydroxylamine groups is 1. The molecule has 1 rings (SSSR count). The molecule has 128 valence electrons. The molecule has 0 atom stereocenters. The van der Waals surface area contributed by atoms with Crippen LogP contribution in [-0.2, 0) is 9.63 Å². The van der Waals surface area contributed by atoms with Gasteiger partial charge in [0.25, 0.3) is 5.91 Å². The molecule has 1 N–H and O–H groups in total. The second-order valence-electron chi connectivity index (χ2n) is 5.49. The van der Waals surface area contributed by atoms with Gasteiger partial charge in [-0.15, -0.1) is 0 Å². The van der Waals surface area contributed by atoms with Gasteiger partial charge in [0.1, 0.15) is 0 Å². The molecule has 1 amide bonds. The Hall–Kier alpha value is -1.26. The smallest absolute Gasteiger partial charge is 0.335 e. The van der Waals surface area contributed by atoms with Gasteiger partial charge in [0, 0.05) is 15.6 Å². The van der Waals surface area contributed by atoms with Gasteiger partial charge in [0.05, 0.1) is 5.92 Å². The summed E-state index contributed by atoms with van der Waals surface area (Å²) in [7, 11) is 0.